The van der Waals surface area contributed by atoms with Crippen LogP contribution in [0.5, 0.6) is 0 Å². The Bertz CT molecular complexity index is 379. The smallest absolute Gasteiger partial charge is 0.334 e. The van der Waals surface area contributed by atoms with E-state index in [0.717, 1.165) is 0 Å². The third-order valence-corrected chi connectivity index (χ3v) is 1.93. The number of carbonyl (C=O) groups excluding carboxylic acids is 1. The van der Waals surface area contributed by atoms with E-state index in [4.69, 9.17) is 10.2 Å². The van der Waals surface area contributed by atoms with Crippen molar-refractivity contribution in [1.29, 1.82) is 0 Å². The van der Waals surface area contributed by atoms with Crippen LogP contribution in [0.3, 0.4) is 0 Å². The van der Waals surface area contributed by atoms with Crippen LogP contribution < -0.4 is 5.32 Å². The average Bonchev–Trinajstić information content (AvgIpc) is 2.77. The molecule has 1 rings (SSSR count). The number of aromatic amines is 1. The SMILES string of the molecule is CN(Cc1ncn[nH]1)C(=O)NCC(O)C(=O)O. The zero-order valence-electron chi connectivity index (χ0n) is 9.12. The lowest BCUT2D eigenvalue weighted by Gasteiger charge is -2.17. The third-order valence-electron chi connectivity index (χ3n) is 1.93. The van der Waals surface area contributed by atoms with Gasteiger partial charge in [0.1, 0.15) is 12.2 Å². The molecule has 0 aliphatic carbocycles. The predicted molar refractivity (Wildman–Crippen MR) is 54.9 cm³/mol. The number of amides is 2. The molecule has 1 unspecified atom stereocenters. The maximum atomic E-state index is 11.4. The van der Waals surface area contributed by atoms with Gasteiger partial charge in [-0.05, 0) is 0 Å². The molecule has 1 aromatic rings. The van der Waals surface area contributed by atoms with Crippen LogP contribution in [0.25, 0.3) is 0 Å². The molecule has 1 aromatic heterocycles. The van der Waals surface area contributed by atoms with Gasteiger partial charge in [0.2, 0.25) is 0 Å². The van der Waals surface area contributed by atoms with E-state index in [1.165, 1.54) is 18.3 Å². The van der Waals surface area contributed by atoms with Crippen LogP contribution in [-0.4, -0.2) is 62.0 Å². The van der Waals surface area contributed by atoms with Crippen molar-refractivity contribution < 1.29 is 19.8 Å². The molecule has 0 fully saturated rings. The minimum absolute atomic E-state index is 0.203. The third kappa shape index (κ3) is 4.07. The maximum absolute atomic E-state index is 11.4. The number of nitrogens with one attached hydrogen (secondary N) is 2. The number of carboxylic acid groups (broad SMARTS) is 1. The van der Waals surface area contributed by atoms with Crippen LogP contribution in [0.2, 0.25) is 0 Å². The Morgan fingerprint density at radius 2 is 2.35 bits per heavy atom. The van der Waals surface area contributed by atoms with Crippen molar-refractivity contribution >= 4 is 12.0 Å². The second-order valence-electron chi connectivity index (χ2n) is 3.33. The minimum Gasteiger partial charge on any atom is -0.479 e. The van der Waals surface area contributed by atoms with Gasteiger partial charge in [-0.1, -0.05) is 0 Å². The number of H-pyrrole nitrogens is 1. The van der Waals surface area contributed by atoms with Gasteiger partial charge in [-0.15, -0.1) is 0 Å². The highest BCUT2D eigenvalue weighted by atomic mass is 16.4. The molecule has 9 nitrogen and oxygen atoms in total. The Labute approximate surface area is 96.5 Å². The fourth-order valence-electron chi connectivity index (χ4n) is 1.01. The Morgan fingerprint density at radius 3 is 2.88 bits per heavy atom. The Morgan fingerprint density at radius 1 is 1.65 bits per heavy atom. The summed E-state index contributed by atoms with van der Waals surface area (Å²) in [6, 6.07) is -0.512. The molecular weight excluding hydrogens is 230 g/mol. The predicted octanol–water partition coefficient (Wildman–Crippen LogP) is -1.61. The summed E-state index contributed by atoms with van der Waals surface area (Å²) >= 11 is 0. The first kappa shape index (κ1) is 12.9. The zero-order valence-corrected chi connectivity index (χ0v) is 9.12. The van der Waals surface area contributed by atoms with Gasteiger partial charge in [0.05, 0.1) is 13.1 Å². The van der Waals surface area contributed by atoms with Gasteiger partial charge in [0.25, 0.3) is 0 Å². The van der Waals surface area contributed by atoms with E-state index in [1.54, 1.807) is 0 Å². The Hall–Kier alpha value is -2.16. The zero-order chi connectivity index (χ0) is 12.8. The number of hydrogen-bond donors (Lipinski definition) is 4. The summed E-state index contributed by atoms with van der Waals surface area (Å²) in [6.45, 7) is -0.149. The normalized spacial score (nSPS) is 11.9. The summed E-state index contributed by atoms with van der Waals surface area (Å²) < 4.78 is 0. The molecular formula is C8H13N5O4. The standard InChI is InChI=1S/C8H13N5O4/c1-13(3-6-10-4-11-12-6)8(17)9-2-5(14)7(15)16/h4-5,14H,2-3H2,1H3,(H,9,17)(H,15,16)(H,10,11,12). The molecule has 0 bridgehead atoms. The van der Waals surface area contributed by atoms with Crippen molar-refractivity contribution in [2.45, 2.75) is 12.6 Å². The van der Waals surface area contributed by atoms with E-state index in [1.807, 2.05) is 0 Å². The van der Waals surface area contributed by atoms with Gasteiger partial charge in [-0.25, -0.2) is 14.6 Å². The average molecular weight is 243 g/mol. The number of urea groups is 1. The van der Waals surface area contributed by atoms with Gasteiger partial charge in [-0.3, -0.25) is 5.10 Å². The van der Waals surface area contributed by atoms with E-state index in [0.29, 0.717) is 5.82 Å². The second-order valence-corrected chi connectivity index (χ2v) is 3.33. The fourth-order valence-corrected chi connectivity index (χ4v) is 1.01. The molecule has 9 heteroatoms. The van der Waals surface area contributed by atoms with E-state index in [2.05, 4.69) is 20.5 Å². The van der Waals surface area contributed by atoms with Crippen LogP contribution in [-0.2, 0) is 11.3 Å². The van der Waals surface area contributed by atoms with Crippen molar-refractivity contribution in [3.63, 3.8) is 0 Å². The highest BCUT2D eigenvalue weighted by Gasteiger charge is 2.16. The monoisotopic (exact) mass is 243 g/mol. The first-order chi connectivity index (χ1) is 8.00. The van der Waals surface area contributed by atoms with Gasteiger partial charge in [0.15, 0.2) is 6.10 Å². The van der Waals surface area contributed by atoms with E-state index in [9.17, 15) is 9.59 Å². The molecule has 2 amide bonds. The Balaban J connectivity index is 2.34. The molecule has 0 aliphatic rings. The molecule has 0 aromatic carbocycles. The highest BCUT2D eigenvalue weighted by Crippen LogP contribution is 1.94. The van der Waals surface area contributed by atoms with E-state index < -0.39 is 18.1 Å². The van der Waals surface area contributed by atoms with Crippen molar-refractivity contribution in [3.8, 4) is 0 Å². The molecule has 17 heavy (non-hydrogen) atoms. The number of aromatic nitrogens is 3. The maximum Gasteiger partial charge on any atom is 0.334 e. The molecule has 4 N–H and O–H groups in total. The molecule has 0 aliphatic heterocycles. The van der Waals surface area contributed by atoms with Crippen molar-refractivity contribution in [2.75, 3.05) is 13.6 Å². The number of aliphatic hydroxyl groups excluding tert-OH is 1. The lowest BCUT2D eigenvalue weighted by molar-refractivity contribution is -0.146. The van der Waals surface area contributed by atoms with Gasteiger partial charge >= 0.3 is 12.0 Å². The summed E-state index contributed by atoms with van der Waals surface area (Å²) in [5, 5.41) is 25.8. The summed E-state index contributed by atoms with van der Waals surface area (Å²) in [6.07, 6.45) is -0.299. The largest absolute Gasteiger partial charge is 0.479 e. The molecule has 0 saturated carbocycles. The highest BCUT2D eigenvalue weighted by molar-refractivity contribution is 5.76. The van der Waals surface area contributed by atoms with Crippen LogP contribution >= 0.6 is 0 Å². The van der Waals surface area contributed by atoms with Crippen LogP contribution in [0.1, 0.15) is 5.82 Å². The molecule has 0 saturated heterocycles. The van der Waals surface area contributed by atoms with Crippen molar-refractivity contribution in [1.82, 2.24) is 25.4 Å². The number of aliphatic carboxylic acids is 1. The van der Waals surface area contributed by atoms with Crippen LogP contribution in [0.4, 0.5) is 4.79 Å². The number of hydrogen-bond acceptors (Lipinski definition) is 5. The van der Waals surface area contributed by atoms with E-state index in [-0.39, 0.29) is 13.1 Å². The lowest BCUT2D eigenvalue weighted by atomic mass is 10.3. The molecule has 94 valence electrons. The number of nitrogens with zero attached hydrogens (tertiary/aromatic N) is 3. The molecule has 0 radical (unpaired) electrons. The van der Waals surface area contributed by atoms with E-state index >= 15 is 0 Å². The quantitative estimate of drug-likeness (QED) is 0.492. The molecule has 1 atom stereocenters. The first-order valence-corrected chi connectivity index (χ1v) is 4.74. The number of carbonyl (C=O) groups is 2. The summed E-state index contributed by atoms with van der Waals surface area (Å²) in [5.41, 5.74) is 0. The van der Waals surface area contributed by atoms with Crippen molar-refractivity contribution in [2.24, 2.45) is 0 Å². The molecule has 0 spiro atoms. The number of aliphatic hydroxyl groups is 1. The van der Waals surface area contributed by atoms with Crippen LogP contribution in [0.15, 0.2) is 6.33 Å². The summed E-state index contributed by atoms with van der Waals surface area (Å²) in [4.78, 5) is 26.8. The van der Waals surface area contributed by atoms with Gasteiger partial charge < -0.3 is 20.4 Å². The van der Waals surface area contributed by atoms with Gasteiger partial charge in [-0.2, -0.15) is 5.10 Å². The molecule has 1 heterocycles. The van der Waals surface area contributed by atoms with Crippen LogP contribution in [0, 0.1) is 0 Å². The minimum atomic E-state index is -1.61. The number of rotatable bonds is 5. The Kier molecular flexibility index (Phi) is 4.40. The summed E-state index contributed by atoms with van der Waals surface area (Å²) in [7, 11) is 1.50. The number of carboxylic acids is 1. The lowest BCUT2D eigenvalue weighted by Crippen LogP contribution is -2.42. The fraction of sp³-hybridized carbons (Fsp3) is 0.500. The van der Waals surface area contributed by atoms with Crippen molar-refractivity contribution in [3.05, 3.63) is 12.2 Å². The topological polar surface area (TPSA) is 131 Å². The summed E-state index contributed by atoms with van der Waals surface area (Å²) in [5.74, 6) is -0.885. The van der Waals surface area contributed by atoms with Gasteiger partial charge in [0, 0.05) is 7.05 Å². The second kappa shape index (κ2) is 5.80. The first-order valence-electron chi connectivity index (χ1n) is 4.74.